The van der Waals surface area contributed by atoms with Gasteiger partial charge in [-0.1, -0.05) is 15.9 Å². The first-order valence-electron chi connectivity index (χ1n) is 6.17. The van der Waals surface area contributed by atoms with E-state index in [1.165, 1.54) is 31.4 Å². The Bertz CT molecular complexity index is 200. The number of likely N-dealkylation sites (tertiary alicyclic amines) is 1. The van der Waals surface area contributed by atoms with Crippen LogP contribution in [0.2, 0.25) is 0 Å². The van der Waals surface area contributed by atoms with E-state index in [1.807, 2.05) is 0 Å². The summed E-state index contributed by atoms with van der Waals surface area (Å²) in [6, 6.07) is 0. The van der Waals surface area contributed by atoms with Gasteiger partial charge in [-0.2, -0.15) is 0 Å². The minimum atomic E-state index is 1.10. The van der Waals surface area contributed by atoms with Gasteiger partial charge in [-0.3, -0.25) is 0 Å². The Morgan fingerprint density at radius 1 is 1.07 bits per heavy atom. The molecule has 1 saturated heterocycles. The van der Waals surface area contributed by atoms with Crippen molar-refractivity contribution < 1.29 is 0 Å². The predicted molar refractivity (Wildman–Crippen MR) is 62.7 cm³/mol. The number of rotatable bonds is 3. The molecular weight excluding hydrogens is 238 g/mol. The van der Waals surface area contributed by atoms with Crippen molar-refractivity contribution in [2.24, 2.45) is 23.7 Å². The van der Waals surface area contributed by atoms with Crippen molar-refractivity contribution >= 4 is 15.9 Å². The van der Waals surface area contributed by atoms with E-state index in [9.17, 15) is 0 Å². The lowest BCUT2D eigenvalue weighted by Crippen LogP contribution is -2.24. The van der Waals surface area contributed by atoms with E-state index >= 15 is 0 Å². The fourth-order valence-corrected chi connectivity index (χ4v) is 4.49. The Morgan fingerprint density at radius 2 is 1.71 bits per heavy atom. The monoisotopic (exact) mass is 257 g/mol. The van der Waals surface area contributed by atoms with Crippen molar-refractivity contribution in [2.45, 2.75) is 25.7 Å². The lowest BCUT2D eigenvalue weighted by molar-refractivity contribution is 0.281. The molecule has 3 rings (SSSR count). The SMILES string of the molecule is BrCCCN1C[C@@H]2C3CCC(C3)[C@@H]2C1. The van der Waals surface area contributed by atoms with E-state index in [1.54, 1.807) is 19.3 Å². The number of hydrogen-bond acceptors (Lipinski definition) is 1. The smallest absolute Gasteiger partial charge is 0.00434 e. The molecule has 3 fully saturated rings. The average Bonchev–Trinajstić information content (AvgIpc) is 2.85. The van der Waals surface area contributed by atoms with Crippen LogP contribution in [0.4, 0.5) is 0 Å². The van der Waals surface area contributed by atoms with Gasteiger partial charge in [0.25, 0.3) is 0 Å². The van der Waals surface area contributed by atoms with Gasteiger partial charge in [0.15, 0.2) is 0 Å². The number of alkyl halides is 1. The zero-order chi connectivity index (χ0) is 9.54. The summed E-state index contributed by atoms with van der Waals surface area (Å²) >= 11 is 3.53. The van der Waals surface area contributed by atoms with E-state index < -0.39 is 0 Å². The van der Waals surface area contributed by atoms with Gasteiger partial charge in [0.05, 0.1) is 0 Å². The highest BCUT2D eigenvalue weighted by molar-refractivity contribution is 9.09. The van der Waals surface area contributed by atoms with E-state index in [4.69, 9.17) is 0 Å². The molecule has 0 amide bonds. The first kappa shape index (κ1) is 9.65. The van der Waals surface area contributed by atoms with Crippen LogP contribution in [0.1, 0.15) is 25.7 Å². The quantitative estimate of drug-likeness (QED) is 0.703. The maximum atomic E-state index is 3.53. The molecule has 0 N–H and O–H groups in total. The third kappa shape index (κ3) is 1.46. The van der Waals surface area contributed by atoms with Crippen LogP contribution in [-0.4, -0.2) is 29.9 Å². The fourth-order valence-electron chi connectivity index (χ4n) is 4.24. The van der Waals surface area contributed by atoms with Crippen LogP contribution in [0, 0.1) is 23.7 Å². The summed E-state index contributed by atoms with van der Waals surface area (Å²) in [5, 5.41) is 1.17. The molecule has 14 heavy (non-hydrogen) atoms. The number of fused-ring (bicyclic) bond motifs is 5. The minimum absolute atomic E-state index is 1.10. The maximum absolute atomic E-state index is 3.53. The van der Waals surface area contributed by atoms with Crippen LogP contribution in [0.3, 0.4) is 0 Å². The normalized spacial score (nSPS) is 46.1. The second-order valence-corrected chi connectivity index (χ2v) is 6.26. The molecule has 2 heteroatoms. The summed E-state index contributed by atoms with van der Waals surface area (Å²) in [7, 11) is 0. The molecule has 3 aliphatic rings. The zero-order valence-corrected chi connectivity index (χ0v) is 10.4. The summed E-state index contributed by atoms with van der Waals surface area (Å²) in [4.78, 5) is 2.72. The number of nitrogens with zero attached hydrogens (tertiary/aromatic N) is 1. The molecule has 0 radical (unpaired) electrons. The third-order valence-electron chi connectivity index (χ3n) is 4.82. The highest BCUT2D eigenvalue weighted by atomic mass is 79.9. The zero-order valence-electron chi connectivity index (χ0n) is 8.79. The topological polar surface area (TPSA) is 3.24 Å². The molecule has 1 aliphatic heterocycles. The molecular formula is C12H20BrN. The molecule has 4 atom stereocenters. The molecule has 2 saturated carbocycles. The Hall–Kier alpha value is 0.440. The summed E-state index contributed by atoms with van der Waals surface area (Å²) in [6.07, 6.45) is 6.02. The Morgan fingerprint density at radius 3 is 2.29 bits per heavy atom. The summed E-state index contributed by atoms with van der Waals surface area (Å²) in [5.41, 5.74) is 0. The summed E-state index contributed by atoms with van der Waals surface area (Å²) in [6.45, 7) is 4.19. The van der Waals surface area contributed by atoms with Gasteiger partial charge in [0.1, 0.15) is 0 Å². The van der Waals surface area contributed by atoms with Crippen molar-refractivity contribution in [1.29, 1.82) is 0 Å². The molecule has 1 heterocycles. The Balaban J connectivity index is 1.60. The van der Waals surface area contributed by atoms with Crippen LogP contribution in [-0.2, 0) is 0 Å². The first-order chi connectivity index (χ1) is 6.88. The van der Waals surface area contributed by atoms with Crippen molar-refractivity contribution in [3.05, 3.63) is 0 Å². The van der Waals surface area contributed by atoms with E-state index in [-0.39, 0.29) is 0 Å². The van der Waals surface area contributed by atoms with Gasteiger partial charge >= 0.3 is 0 Å². The highest BCUT2D eigenvalue weighted by Crippen LogP contribution is 2.54. The van der Waals surface area contributed by atoms with Crippen LogP contribution in [0.25, 0.3) is 0 Å². The largest absolute Gasteiger partial charge is 0.303 e. The van der Waals surface area contributed by atoms with Gasteiger partial charge in [0, 0.05) is 18.4 Å². The lowest BCUT2D eigenvalue weighted by atomic mass is 9.82. The van der Waals surface area contributed by atoms with Gasteiger partial charge < -0.3 is 4.90 Å². The minimum Gasteiger partial charge on any atom is -0.303 e. The van der Waals surface area contributed by atoms with Crippen molar-refractivity contribution in [3.63, 3.8) is 0 Å². The summed E-state index contributed by atoms with van der Waals surface area (Å²) in [5.74, 6) is 4.45. The molecule has 1 nitrogen and oxygen atoms in total. The number of hydrogen-bond donors (Lipinski definition) is 0. The molecule has 80 valence electrons. The van der Waals surface area contributed by atoms with Gasteiger partial charge in [0.2, 0.25) is 0 Å². The van der Waals surface area contributed by atoms with Crippen LogP contribution in [0.15, 0.2) is 0 Å². The fraction of sp³-hybridized carbons (Fsp3) is 1.00. The van der Waals surface area contributed by atoms with E-state index in [2.05, 4.69) is 20.8 Å². The van der Waals surface area contributed by atoms with E-state index in [0.29, 0.717) is 0 Å². The van der Waals surface area contributed by atoms with E-state index in [0.717, 1.165) is 23.7 Å². The third-order valence-corrected chi connectivity index (χ3v) is 5.38. The average molecular weight is 258 g/mol. The Kier molecular flexibility index (Phi) is 2.61. The standard InChI is InChI=1S/C12H20BrN/c13-4-1-5-14-7-11-9-2-3-10(6-9)12(11)8-14/h9-12H,1-8H2/t9?,10?,11-,12+. The van der Waals surface area contributed by atoms with Gasteiger partial charge in [-0.05, 0) is 55.9 Å². The Labute approximate surface area is 95.4 Å². The number of halogens is 1. The molecule has 0 aromatic heterocycles. The first-order valence-corrected chi connectivity index (χ1v) is 7.29. The van der Waals surface area contributed by atoms with Crippen LogP contribution < -0.4 is 0 Å². The second kappa shape index (κ2) is 3.79. The molecule has 2 bridgehead atoms. The van der Waals surface area contributed by atoms with Crippen molar-refractivity contribution in [1.82, 2.24) is 4.90 Å². The lowest BCUT2D eigenvalue weighted by Gasteiger charge is -2.22. The summed E-state index contributed by atoms with van der Waals surface area (Å²) < 4.78 is 0. The molecule has 2 unspecified atom stereocenters. The molecule has 2 aliphatic carbocycles. The predicted octanol–water partition coefficient (Wildman–Crippen LogP) is 2.75. The molecule has 0 aromatic rings. The maximum Gasteiger partial charge on any atom is 0.00434 e. The molecule has 0 spiro atoms. The van der Waals surface area contributed by atoms with Crippen LogP contribution in [0.5, 0.6) is 0 Å². The van der Waals surface area contributed by atoms with Gasteiger partial charge in [-0.15, -0.1) is 0 Å². The molecule has 0 aromatic carbocycles. The highest BCUT2D eigenvalue weighted by Gasteiger charge is 2.51. The second-order valence-electron chi connectivity index (χ2n) is 5.46. The van der Waals surface area contributed by atoms with Gasteiger partial charge in [-0.25, -0.2) is 0 Å². The van der Waals surface area contributed by atoms with Crippen molar-refractivity contribution in [3.8, 4) is 0 Å². The van der Waals surface area contributed by atoms with Crippen molar-refractivity contribution in [2.75, 3.05) is 25.0 Å². The van der Waals surface area contributed by atoms with Crippen LogP contribution >= 0.6 is 15.9 Å².